The molecule has 0 aliphatic carbocycles. The summed E-state index contributed by atoms with van der Waals surface area (Å²) in [4.78, 5) is 12.5. The van der Waals surface area contributed by atoms with Gasteiger partial charge in [-0.3, -0.25) is 4.79 Å². The largest absolute Gasteiger partial charge is 0.410 e. The van der Waals surface area contributed by atoms with Crippen LogP contribution < -0.4 is 10.2 Å². The summed E-state index contributed by atoms with van der Waals surface area (Å²) in [5.41, 5.74) is 0.483. The maximum atomic E-state index is 13.0. The topological polar surface area (TPSA) is 32.3 Å². The van der Waals surface area contributed by atoms with Crippen molar-refractivity contribution in [2.24, 2.45) is 0 Å². The van der Waals surface area contributed by atoms with Crippen LogP contribution in [0, 0.1) is 0 Å². The van der Waals surface area contributed by atoms with Crippen molar-refractivity contribution >= 4 is 11.6 Å². The Kier molecular flexibility index (Phi) is 3.45. The van der Waals surface area contributed by atoms with Gasteiger partial charge in [0.15, 0.2) is 0 Å². The number of para-hydroxylation sites is 1. The van der Waals surface area contributed by atoms with Crippen LogP contribution >= 0.6 is 0 Å². The van der Waals surface area contributed by atoms with Gasteiger partial charge in [-0.05, 0) is 12.1 Å². The average Bonchev–Trinajstić information content (AvgIpc) is 2.52. The third kappa shape index (κ3) is 2.75. The van der Waals surface area contributed by atoms with E-state index in [1.807, 2.05) is 0 Å². The highest BCUT2D eigenvalue weighted by molar-refractivity contribution is 5.77. The van der Waals surface area contributed by atoms with Gasteiger partial charge < -0.3 is 10.2 Å². The summed E-state index contributed by atoms with van der Waals surface area (Å²) >= 11 is 0. The number of nitrogens with one attached hydrogen (secondary N) is 1. The van der Waals surface area contributed by atoms with Crippen molar-refractivity contribution in [3.8, 4) is 0 Å². The standard InChI is InChI=1S/C12H13F3N2O/c13-12(14,15)10-8-16-11(18)6-7-17(10)9-4-2-1-3-5-9/h1-5,10H,6-8H2,(H,16,18). The van der Waals surface area contributed by atoms with Crippen molar-refractivity contribution in [3.05, 3.63) is 30.3 Å². The third-order valence-electron chi connectivity index (χ3n) is 2.91. The minimum atomic E-state index is -4.37. The Morgan fingerprint density at radius 3 is 2.50 bits per heavy atom. The zero-order chi connectivity index (χ0) is 13.2. The summed E-state index contributed by atoms with van der Waals surface area (Å²) in [6.45, 7) is -0.336. The fourth-order valence-electron chi connectivity index (χ4n) is 2.01. The molecule has 1 aromatic rings. The van der Waals surface area contributed by atoms with Crippen LogP contribution in [0.15, 0.2) is 30.3 Å². The van der Waals surface area contributed by atoms with Crippen molar-refractivity contribution in [1.82, 2.24) is 5.32 Å². The second kappa shape index (κ2) is 4.88. The molecule has 0 bridgehead atoms. The van der Waals surface area contributed by atoms with Gasteiger partial charge in [-0.15, -0.1) is 0 Å². The van der Waals surface area contributed by atoms with E-state index in [0.717, 1.165) is 0 Å². The predicted molar refractivity (Wildman–Crippen MR) is 61.3 cm³/mol. The zero-order valence-electron chi connectivity index (χ0n) is 9.57. The van der Waals surface area contributed by atoms with E-state index in [1.165, 1.54) is 4.90 Å². The molecule has 0 saturated carbocycles. The van der Waals surface area contributed by atoms with E-state index in [4.69, 9.17) is 0 Å². The van der Waals surface area contributed by atoms with Gasteiger partial charge in [0.05, 0.1) is 0 Å². The lowest BCUT2D eigenvalue weighted by Gasteiger charge is -2.32. The number of rotatable bonds is 1. The number of hydrogen-bond acceptors (Lipinski definition) is 2. The van der Waals surface area contributed by atoms with Gasteiger partial charge >= 0.3 is 6.18 Å². The number of carbonyl (C=O) groups is 1. The van der Waals surface area contributed by atoms with Crippen LogP contribution in [0.4, 0.5) is 18.9 Å². The first-order valence-electron chi connectivity index (χ1n) is 5.63. The second-order valence-corrected chi connectivity index (χ2v) is 4.14. The van der Waals surface area contributed by atoms with E-state index in [0.29, 0.717) is 5.69 Å². The minimum Gasteiger partial charge on any atom is -0.358 e. The van der Waals surface area contributed by atoms with E-state index in [1.54, 1.807) is 30.3 Å². The van der Waals surface area contributed by atoms with Crippen LogP contribution in [-0.4, -0.2) is 31.2 Å². The number of carbonyl (C=O) groups excluding carboxylic acids is 1. The van der Waals surface area contributed by atoms with Crippen molar-refractivity contribution in [3.63, 3.8) is 0 Å². The van der Waals surface area contributed by atoms with Crippen LogP contribution in [0.1, 0.15) is 6.42 Å². The highest BCUT2D eigenvalue weighted by Crippen LogP contribution is 2.29. The molecular weight excluding hydrogens is 245 g/mol. The van der Waals surface area contributed by atoms with Crippen LogP contribution in [0.25, 0.3) is 0 Å². The van der Waals surface area contributed by atoms with Gasteiger partial charge in [0, 0.05) is 25.2 Å². The summed E-state index contributed by atoms with van der Waals surface area (Å²) < 4.78 is 39.0. The fraction of sp³-hybridized carbons (Fsp3) is 0.417. The lowest BCUT2D eigenvalue weighted by molar-refractivity contribution is -0.147. The van der Waals surface area contributed by atoms with Gasteiger partial charge in [0.1, 0.15) is 6.04 Å². The Bertz CT molecular complexity index is 419. The van der Waals surface area contributed by atoms with Gasteiger partial charge in [-0.1, -0.05) is 18.2 Å². The van der Waals surface area contributed by atoms with Gasteiger partial charge in [0.25, 0.3) is 0 Å². The van der Waals surface area contributed by atoms with E-state index in [9.17, 15) is 18.0 Å². The number of benzene rings is 1. The SMILES string of the molecule is O=C1CCN(c2ccccc2)C(C(F)(F)F)CN1. The molecule has 1 heterocycles. The first-order chi connectivity index (χ1) is 8.48. The molecule has 98 valence electrons. The zero-order valence-corrected chi connectivity index (χ0v) is 9.57. The number of anilines is 1. The molecule has 0 radical (unpaired) electrons. The fourth-order valence-corrected chi connectivity index (χ4v) is 2.01. The molecule has 0 spiro atoms. The van der Waals surface area contributed by atoms with Gasteiger partial charge in [-0.25, -0.2) is 0 Å². The molecule has 1 aliphatic rings. The Morgan fingerprint density at radius 2 is 1.89 bits per heavy atom. The van der Waals surface area contributed by atoms with Crippen molar-refractivity contribution in [2.45, 2.75) is 18.6 Å². The molecule has 0 aromatic heterocycles. The maximum absolute atomic E-state index is 13.0. The number of amides is 1. The summed E-state index contributed by atoms with van der Waals surface area (Å²) in [5, 5.41) is 2.30. The molecular formula is C12H13F3N2O. The van der Waals surface area contributed by atoms with E-state index < -0.39 is 18.8 Å². The first kappa shape index (κ1) is 12.7. The highest BCUT2D eigenvalue weighted by Gasteiger charge is 2.44. The molecule has 2 rings (SSSR count). The molecule has 3 nitrogen and oxygen atoms in total. The van der Waals surface area contributed by atoms with Gasteiger partial charge in [0.2, 0.25) is 5.91 Å². The second-order valence-electron chi connectivity index (χ2n) is 4.14. The predicted octanol–water partition coefficient (Wildman–Crippen LogP) is 1.94. The van der Waals surface area contributed by atoms with Crippen LogP contribution in [0.2, 0.25) is 0 Å². The highest BCUT2D eigenvalue weighted by atomic mass is 19.4. The van der Waals surface area contributed by atoms with Crippen LogP contribution in [0.5, 0.6) is 0 Å². The monoisotopic (exact) mass is 258 g/mol. The van der Waals surface area contributed by atoms with Crippen LogP contribution in [-0.2, 0) is 4.79 Å². The normalized spacial score (nSPS) is 21.4. The van der Waals surface area contributed by atoms with Crippen LogP contribution in [0.3, 0.4) is 0 Å². The molecule has 1 unspecified atom stereocenters. The summed E-state index contributed by atoms with van der Waals surface area (Å²) in [5.74, 6) is -0.345. The summed E-state index contributed by atoms with van der Waals surface area (Å²) in [6, 6.07) is 6.67. The molecule has 1 aromatic carbocycles. The van der Waals surface area contributed by atoms with Gasteiger partial charge in [-0.2, -0.15) is 13.2 Å². The summed E-state index contributed by atoms with van der Waals surface area (Å²) in [6.07, 6.45) is -4.30. The van der Waals surface area contributed by atoms with Crippen molar-refractivity contribution < 1.29 is 18.0 Å². The number of nitrogens with zero attached hydrogens (tertiary/aromatic N) is 1. The molecule has 1 fully saturated rings. The molecule has 1 saturated heterocycles. The maximum Gasteiger partial charge on any atom is 0.410 e. The lowest BCUT2D eigenvalue weighted by Crippen LogP contribution is -2.50. The lowest BCUT2D eigenvalue weighted by atomic mass is 10.2. The Morgan fingerprint density at radius 1 is 1.22 bits per heavy atom. The van der Waals surface area contributed by atoms with Crippen molar-refractivity contribution in [2.75, 3.05) is 18.0 Å². The molecule has 1 N–H and O–H groups in total. The smallest absolute Gasteiger partial charge is 0.358 e. The quantitative estimate of drug-likeness (QED) is 0.835. The van der Waals surface area contributed by atoms with E-state index >= 15 is 0 Å². The van der Waals surface area contributed by atoms with E-state index in [2.05, 4.69) is 5.32 Å². The van der Waals surface area contributed by atoms with Crippen molar-refractivity contribution in [1.29, 1.82) is 0 Å². The minimum absolute atomic E-state index is 0.0695. The Balaban J connectivity index is 2.30. The Labute approximate surface area is 103 Å². The molecule has 1 atom stereocenters. The number of alkyl halides is 3. The molecule has 1 aliphatic heterocycles. The first-order valence-corrected chi connectivity index (χ1v) is 5.63. The third-order valence-corrected chi connectivity index (χ3v) is 2.91. The summed E-state index contributed by atoms with van der Waals surface area (Å²) in [7, 11) is 0. The molecule has 6 heteroatoms. The molecule has 1 amide bonds. The molecule has 18 heavy (non-hydrogen) atoms. The van der Waals surface area contributed by atoms with E-state index in [-0.39, 0.29) is 18.9 Å². The number of halogens is 3. The average molecular weight is 258 g/mol. The Hall–Kier alpha value is -1.72. The number of hydrogen-bond donors (Lipinski definition) is 1.